The maximum absolute atomic E-state index is 13.6. The molecule has 30 heavy (non-hydrogen) atoms. The van der Waals surface area contributed by atoms with Crippen molar-refractivity contribution in [2.45, 2.75) is 39.2 Å². The van der Waals surface area contributed by atoms with E-state index in [4.69, 9.17) is 9.73 Å². The van der Waals surface area contributed by atoms with Gasteiger partial charge in [0.2, 0.25) is 0 Å². The molecule has 2 aromatic rings. The zero-order chi connectivity index (χ0) is 20.8. The van der Waals surface area contributed by atoms with Crippen LogP contribution in [0, 0.1) is 11.6 Å². The fourth-order valence-corrected chi connectivity index (χ4v) is 3.43. The Kier molecular flexibility index (Phi) is 9.44. The lowest BCUT2D eigenvalue weighted by molar-refractivity contribution is -0.0605. The van der Waals surface area contributed by atoms with Gasteiger partial charge in [0.1, 0.15) is 17.7 Å². The highest BCUT2D eigenvalue weighted by Gasteiger charge is 2.28. The van der Waals surface area contributed by atoms with Crippen LogP contribution in [-0.2, 0) is 17.9 Å². The predicted octanol–water partition coefficient (Wildman–Crippen LogP) is 4.00. The van der Waals surface area contributed by atoms with Crippen molar-refractivity contribution in [3.63, 3.8) is 0 Å². The van der Waals surface area contributed by atoms with Crippen molar-refractivity contribution in [1.29, 1.82) is 0 Å². The number of nitrogens with one attached hydrogen (secondary N) is 1. The Balaban J connectivity index is 0.00000320. The maximum atomic E-state index is 13.6. The predicted molar refractivity (Wildman–Crippen MR) is 124 cm³/mol. The van der Waals surface area contributed by atoms with Crippen molar-refractivity contribution >= 4 is 29.9 Å². The molecule has 2 atom stereocenters. The van der Waals surface area contributed by atoms with Crippen LogP contribution in [0.2, 0.25) is 0 Å². The summed E-state index contributed by atoms with van der Waals surface area (Å²) in [5.74, 6) is 0.0480. The SMILES string of the molecule is CCNC(=NCc1ccc(F)c(CO)c1)N1CC(C)OC(c2ccc(F)cc2)C1.I. The molecule has 164 valence electrons. The monoisotopic (exact) mass is 531 g/mol. The van der Waals surface area contributed by atoms with Crippen molar-refractivity contribution in [1.82, 2.24) is 10.2 Å². The summed E-state index contributed by atoms with van der Waals surface area (Å²) in [6.45, 7) is 5.99. The van der Waals surface area contributed by atoms with Gasteiger partial charge in [0.05, 0.1) is 25.8 Å². The van der Waals surface area contributed by atoms with Gasteiger partial charge in [0.15, 0.2) is 5.96 Å². The smallest absolute Gasteiger partial charge is 0.194 e. The molecule has 1 saturated heterocycles. The molecular weight excluding hydrogens is 503 g/mol. The summed E-state index contributed by atoms with van der Waals surface area (Å²) in [5, 5.41) is 12.6. The standard InChI is InChI=1S/C22H27F2N3O2.HI/c1-3-25-22(26-11-16-4-9-20(24)18(10-16)14-28)27-12-15(2)29-21(13-27)17-5-7-19(23)8-6-17;/h4-10,15,21,28H,3,11-14H2,1-2H3,(H,25,26);1H. The van der Waals surface area contributed by atoms with E-state index in [1.54, 1.807) is 24.3 Å². The second kappa shape index (κ2) is 11.6. The minimum atomic E-state index is -0.420. The zero-order valence-electron chi connectivity index (χ0n) is 17.1. The highest BCUT2D eigenvalue weighted by molar-refractivity contribution is 14.0. The minimum absolute atomic E-state index is 0. The second-order valence-electron chi connectivity index (χ2n) is 7.15. The molecule has 0 bridgehead atoms. The van der Waals surface area contributed by atoms with Crippen LogP contribution in [-0.4, -0.2) is 41.7 Å². The first kappa shape index (κ1) is 24.5. The Morgan fingerprint density at radius 3 is 2.60 bits per heavy atom. The molecule has 0 saturated carbocycles. The number of halogens is 3. The van der Waals surface area contributed by atoms with E-state index in [2.05, 4.69) is 10.2 Å². The average molecular weight is 531 g/mol. The number of ether oxygens (including phenoxy) is 1. The number of aliphatic hydroxyl groups is 1. The lowest BCUT2D eigenvalue weighted by Crippen LogP contribution is -2.50. The third-order valence-corrected chi connectivity index (χ3v) is 4.83. The van der Waals surface area contributed by atoms with Gasteiger partial charge in [0, 0.05) is 18.7 Å². The lowest BCUT2D eigenvalue weighted by Gasteiger charge is -2.38. The lowest BCUT2D eigenvalue weighted by atomic mass is 10.1. The van der Waals surface area contributed by atoms with Gasteiger partial charge >= 0.3 is 0 Å². The zero-order valence-corrected chi connectivity index (χ0v) is 19.5. The highest BCUT2D eigenvalue weighted by atomic mass is 127. The van der Waals surface area contributed by atoms with Gasteiger partial charge in [-0.15, -0.1) is 24.0 Å². The molecular formula is C22H28F2IN3O2. The Bertz CT molecular complexity index is 849. The van der Waals surface area contributed by atoms with Crippen molar-refractivity contribution in [3.8, 4) is 0 Å². The second-order valence-corrected chi connectivity index (χ2v) is 7.15. The van der Waals surface area contributed by atoms with Crippen molar-refractivity contribution in [2.24, 2.45) is 4.99 Å². The third kappa shape index (κ3) is 6.36. The highest BCUT2D eigenvalue weighted by Crippen LogP contribution is 2.25. The van der Waals surface area contributed by atoms with Crippen molar-refractivity contribution < 1.29 is 18.6 Å². The molecule has 2 unspecified atom stereocenters. The molecule has 0 amide bonds. The van der Waals surface area contributed by atoms with E-state index < -0.39 is 5.82 Å². The van der Waals surface area contributed by atoms with Crippen LogP contribution in [0.5, 0.6) is 0 Å². The summed E-state index contributed by atoms with van der Waals surface area (Å²) in [4.78, 5) is 6.83. The Morgan fingerprint density at radius 1 is 1.20 bits per heavy atom. The van der Waals surface area contributed by atoms with Crippen molar-refractivity contribution in [2.75, 3.05) is 19.6 Å². The quantitative estimate of drug-likeness (QED) is 0.348. The minimum Gasteiger partial charge on any atom is -0.392 e. The summed E-state index contributed by atoms with van der Waals surface area (Å²) in [6, 6.07) is 11.0. The molecule has 1 heterocycles. The molecule has 2 aromatic carbocycles. The molecule has 0 radical (unpaired) electrons. The molecule has 8 heteroatoms. The van der Waals surface area contributed by atoms with Crippen LogP contribution in [0.4, 0.5) is 8.78 Å². The Labute approximate surface area is 193 Å². The number of aliphatic hydroxyl groups excluding tert-OH is 1. The van der Waals surface area contributed by atoms with E-state index >= 15 is 0 Å². The van der Waals surface area contributed by atoms with Crippen molar-refractivity contribution in [3.05, 3.63) is 70.8 Å². The van der Waals surface area contributed by atoms with Crippen LogP contribution in [0.1, 0.15) is 36.6 Å². The third-order valence-electron chi connectivity index (χ3n) is 4.83. The molecule has 2 N–H and O–H groups in total. The van der Waals surface area contributed by atoms with Gasteiger partial charge in [-0.1, -0.05) is 18.2 Å². The van der Waals surface area contributed by atoms with Crippen LogP contribution in [0.15, 0.2) is 47.5 Å². The van der Waals surface area contributed by atoms with E-state index in [0.29, 0.717) is 26.2 Å². The molecule has 1 aliphatic heterocycles. The fraction of sp³-hybridized carbons (Fsp3) is 0.409. The van der Waals surface area contributed by atoms with Crippen LogP contribution in [0.3, 0.4) is 0 Å². The molecule has 1 fully saturated rings. The molecule has 5 nitrogen and oxygen atoms in total. The van der Waals surface area contributed by atoms with E-state index in [9.17, 15) is 13.9 Å². The van der Waals surface area contributed by atoms with Gasteiger partial charge < -0.3 is 20.1 Å². The number of hydrogen-bond donors (Lipinski definition) is 2. The summed E-state index contributed by atoms with van der Waals surface area (Å²) in [6.07, 6.45) is -0.204. The number of hydrogen-bond acceptors (Lipinski definition) is 3. The number of aliphatic imine (C=N–C) groups is 1. The molecule has 3 rings (SSSR count). The number of nitrogens with zero attached hydrogens (tertiary/aromatic N) is 2. The number of rotatable bonds is 5. The van der Waals surface area contributed by atoms with Gasteiger partial charge in [-0.2, -0.15) is 0 Å². The molecule has 0 aromatic heterocycles. The Morgan fingerprint density at radius 2 is 1.93 bits per heavy atom. The van der Waals surface area contributed by atoms with Gasteiger partial charge in [-0.25, -0.2) is 13.8 Å². The van der Waals surface area contributed by atoms with E-state index in [0.717, 1.165) is 17.1 Å². The summed E-state index contributed by atoms with van der Waals surface area (Å²) >= 11 is 0. The summed E-state index contributed by atoms with van der Waals surface area (Å²) < 4.78 is 32.9. The van der Waals surface area contributed by atoms with E-state index in [1.807, 2.05) is 13.8 Å². The van der Waals surface area contributed by atoms with Crippen LogP contribution >= 0.6 is 24.0 Å². The molecule has 1 aliphatic rings. The normalized spacial score (nSPS) is 19.4. The average Bonchev–Trinajstić information content (AvgIpc) is 2.72. The van der Waals surface area contributed by atoms with Gasteiger partial charge in [0.25, 0.3) is 0 Å². The number of benzene rings is 2. The first-order valence-corrected chi connectivity index (χ1v) is 9.82. The maximum Gasteiger partial charge on any atom is 0.194 e. The molecule has 0 aliphatic carbocycles. The number of guanidine groups is 1. The van der Waals surface area contributed by atoms with Crippen LogP contribution in [0.25, 0.3) is 0 Å². The largest absolute Gasteiger partial charge is 0.392 e. The van der Waals surface area contributed by atoms with Crippen LogP contribution < -0.4 is 5.32 Å². The number of morpholine rings is 1. The molecule has 0 spiro atoms. The Hall–Kier alpha value is -1.78. The topological polar surface area (TPSA) is 57.1 Å². The van der Waals surface area contributed by atoms with E-state index in [-0.39, 0.29) is 54.2 Å². The first-order valence-electron chi connectivity index (χ1n) is 9.82. The first-order chi connectivity index (χ1) is 14.0. The fourth-order valence-electron chi connectivity index (χ4n) is 3.43. The summed E-state index contributed by atoms with van der Waals surface area (Å²) in [7, 11) is 0. The van der Waals surface area contributed by atoms with Gasteiger partial charge in [-0.3, -0.25) is 0 Å². The summed E-state index contributed by atoms with van der Waals surface area (Å²) in [5.41, 5.74) is 2.01. The van der Waals surface area contributed by atoms with E-state index in [1.165, 1.54) is 18.2 Å². The van der Waals surface area contributed by atoms with Gasteiger partial charge in [-0.05, 0) is 49.2 Å².